The largest absolute Gasteiger partial charge is 0.327 e. The Balaban J connectivity index is 1.23. The molecule has 4 heterocycles. The summed E-state index contributed by atoms with van der Waals surface area (Å²) in [7, 11) is 2.00. The van der Waals surface area contributed by atoms with E-state index < -0.39 is 6.17 Å². The number of thiophene rings is 1. The Morgan fingerprint density at radius 2 is 1.50 bits per heavy atom. The summed E-state index contributed by atoms with van der Waals surface area (Å²) < 4.78 is 23.3. The molecule has 1 atom stereocenters. The zero-order chi connectivity index (χ0) is 29.4. The predicted molar refractivity (Wildman–Crippen MR) is 181 cm³/mol. The Morgan fingerprint density at radius 1 is 0.682 bits per heavy atom. The lowest BCUT2D eigenvalue weighted by Gasteiger charge is -2.12. The van der Waals surface area contributed by atoms with Gasteiger partial charge in [-0.2, -0.15) is 0 Å². The molecule has 0 bridgehead atoms. The van der Waals surface area contributed by atoms with E-state index in [1.54, 1.807) is 6.20 Å². The summed E-state index contributed by atoms with van der Waals surface area (Å²) in [6.45, 7) is 0. The molecule has 0 amide bonds. The number of para-hydroxylation sites is 2. The number of nitrogens with zero attached hydrogens (tertiary/aromatic N) is 4. The Hall–Kier alpha value is -5.33. The molecular weight excluding hydrogens is 564 g/mol. The Morgan fingerprint density at radius 3 is 2.39 bits per heavy atom. The molecule has 9 rings (SSSR count). The van der Waals surface area contributed by atoms with Crippen LogP contribution in [0.3, 0.4) is 0 Å². The average molecular weight is 589 g/mol. The fourth-order valence-electron chi connectivity index (χ4n) is 6.62. The third kappa shape index (κ3) is 3.68. The van der Waals surface area contributed by atoms with Crippen molar-refractivity contribution in [2.45, 2.75) is 6.17 Å². The molecule has 4 aromatic heterocycles. The highest BCUT2D eigenvalue weighted by molar-refractivity contribution is 7.26. The summed E-state index contributed by atoms with van der Waals surface area (Å²) in [5, 5.41) is 4.76. The summed E-state index contributed by atoms with van der Waals surface area (Å²) >= 11 is 1.81. The van der Waals surface area contributed by atoms with Gasteiger partial charge in [0.05, 0.1) is 22.1 Å². The molecule has 0 aliphatic heterocycles. The van der Waals surface area contributed by atoms with Gasteiger partial charge < -0.3 is 4.57 Å². The van der Waals surface area contributed by atoms with Gasteiger partial charge in [0.1, 0.15) is 11.6 Å². The number of benzene rings is 5. The van der Waals surface area contributed by atoms with Crippen LogP contribution < -0.4 is 0 Å². The Kier molecular flexibility index (Phi) is 5.49. The zero-order valence-corrected chi connectivity index (χ0v) is 24.6. The lowest BCUT2D eigenvalue weighted by Crippen LogP contribution is -1.99. The Bertz CT molecular complexity index is 2540. The third-order valence-corrected chi connectivity index (χ3v) is 9.90. The predicted octanol–water partition coefficient (Wildman–Crippen LogP) is 10.2. The minimum Gasteiger partial charge on any atom is -0.327 e. The summed E-state index contributed by atoms with van der Waals surface area (Å²) in [4.78, 5) is 9.55. The van der Waals surface area contributed by atoms with Gasteiger partial charge in [-0.25, -0.2) is 14.4 Å². The first kappa shape index (κ1) is 25.2. The summed E-state index contributed by atoms with van der Waals surface area (Å²) in [5.41, 5.74) is 6.07. The van der Waals surface area contributed by atoms with Crippen molar-refractivity contribution in [3.8, 4) is 17.2 Å². The van der Waals surface area contributed by atoms with E-state index in [4.69, 9.17) is 9.97 Å². The number of halogens is 1. The number of hydrogen-bond donors (Lipinski definition) is 0. The molecular formula is C38H25FN4S. The maximum atomic E-state index is 16.5. The molecule has 0 saturated heterocycles. The van der Waals surface area contributed by atoms with E-state index >= 15 is 4.39 Å². The van der Waals surface area contributed by atoms with Crippen molar-refractivity contribution in [1.82, 2.24) is 19.1 Å². The van der Waals surface area contributed by atoms with Crippen molar-refractivity contribution < 1.29 is 4.39 Å². The van der Waals surface area contributed by atoms with Crippen LogP contribution in [0, 0.1) is 0 Å². The van der Waals surface area contributed by atoms with E-state index in [9.17, 15) is 0 Å². The SMILES string of the molecule is Cn1c(-c2cccc(C(F)c3ccc4c5c6sc7ccccc7c6ccc5n(-c5ccccn5)c4c3)c2)nc2ccccc21. The molecule has 0 saturated carbocycles. The van der Waals surface area contributed by atoms with Crippen molar-refractivity contribution >= 4 is 64.3 Å². The van der Waals surface area contributed by atoms with Crippen LogP contribution in [0.1, 0.15) is 17.3 Å². The quantitative estimate of drug-likeness (QED) is 0.205. The number of aromatic nitrogens is 4. The van der Waals surface area contributed by atoms with Gasteiger partial charge in [0, 0.05) is 49.8 Å². The third-order valence-electron chi connectivity index (χ3n) is 8.69. The number of fused-ring (bicyclic) bond motifs is 8. The fraction of sp³-hybridized carbons (Fsp3) is 0.0526. The zero-order valence-electron chi connectivity index (χ0n) is 23.8. The molecule has 4 nitrogen and oxygen atoms in total. The number of aryl methyl sites for hydroxylation is 1. The normalized spacial score (nSPS) is 12.7. The maximum Gasteiger partial charge on any atom is 0.150 e. The minimum absolute atomic E-state index is 0.598. The maximum absolute atomic E-state index is 16.5. The molecule has 0 spiro atoms. The molecule has 5 aromatic carbocycles. The monoisotopic (exact) mass is 588 g/mol. The summed E-state index contributed by atoms with van der Waals surface area (Å²) in [6, 6.07) is 40.6. The van der Waals surface area contributed by atoms with Crippen LogP contribution in [0.5, 0.6) is 0 Å². The van der Waals surface area contributed by atoms with E-state index in [1.165, 1.54) is 25.6 Å². The smallest absolute Gasteiger partial charge is 0.150 e. The molecule has 6 heteroatoms. The van der Waals surface area contributed by atoms with Gasteiger partial charge >= 0.3 is 0 Å². The molecule has 0 radical (unpaired) electrons. The number of imidazole rings is 1. The second-order valence-corrected chi connectivity index (χ2v) is 12.3. The molecule has 0 fully saturated rings. The van der Waals surface area contributed by atoms with E-state index in [2.05, 4.69) is 57.7 Å². The summed E-state index contributed by atoms with van der Waals surface area (Å²) in [6.07, 6.45) is 0.493. The van der Waals surface area contributed by atoms with Crippen LogP contribution in [0.2, 0.25) is 0 Å². The second-order valence-electron chi connectivity index (χ2n) is 11.2. The highest BCUT2D eigenvalue weighted by Gasteiger charge is 2.21. The van der Waals surface area contributed by atoms with Crippen molar-refractivity contribution in [2.24, 2.45) is 7.05 Å². The number of pyridine rings is 1. The molecule has 0 aliphatic rings. The van der Waals surface area contributed by atoms with E-state index in [-0.39, 0.29) is 0 Å². The summed E-state index contributed by atoms with van der Waals surface area (Å²) in [5.74, 6) is 1.63. The van der Waals surface area contributed by atoms with E-state index in [0.29, 0.717) is 11.1 Å². The van der Waals surface area contributed by atoms with Gasteiger partial charge in [-0.15, -0.1) is 11.3 Å². The van der Waals surface area contributed by atoms with Crippen LogP contribution in [-0.2, 0) is 7.05 Å². The first-order valence-corrected chi connectivity index (χ1v) is 15.4. The second kappa shape index (κ2) is 9.59. The van der Waals surface area contributed by atoms with Crippen LogP contribution >= 0.6 is 11.3 Å². The van der Waals surface area contributed by atoms with Crippen LogP contribution in [0.4, 0.5) is 4.39 Å². The van der Waals surface area contributed by atoms with E-state index in [1.807, 2.05) is 91.2 Å². The highest BCUT2D eigenvalue weighted by atomic mass is 32.1. The molecule has 0 N–H and O–H groups in total. The van der Waals surface area contributed by atoms with Crippen LogP contribution in [0.25, 0.3) is 70.2 Å². The van der Waals surface area contributed by atoms with Gasteiger partial charge in [-0.3, -0.25) is 4.57 Å². The fourth-order valence-corrected chi connectivity index (χ4v) is 7.88. The van der Waals surface area contributed by atoms with Gasteiger partial charge in [0.2, 0.25) is 0 Å². The number of hydrogen-bond acceptors (Lipinski definition) is 3. The average Bonchev–Trinajstić information content (AvgIpc) is 3.73. The standard InChI is InChI=1S/C38H25FN4S/c1-42-30-13-4-3-12-29(30)41-38(42)25-10-8-9-23(21-25)36(39)24-16-17-28-32(22-24)43(34-15-6-7-20-40-34)31-19-18-27-26-11-2-5-14-33(26)44-37(27)35(28)31/h2-22,36H,1H3. The lowest BCUT2D eigenvalue weighted by atomic mass is 9.99. The molecule has 0 aliphatic carbocycles. The molecule has 1 unspecified atom stereocenters. The minimum atomic E-state index is -1.31. The molecule has 44 heavy (non-hydrogen) atoms. The highest BCUT2D eigenvalue weighted by Crippen LogP contribution is 2.44. The van der Waals surface area contributed by atoms with Gasteiger partial charge in [-0.1, -0.05) is 72.8 Å². The first-order chi connectivity index (χ1) is 21.7. The number of rotatable bonds is 4. The topological polar surface area (TPSA) is 35.6 Å². The van der Waals surface area contributed by atoms with Crippen molar-refractivity contribution in [1.29, 1.82) is 0 Å². The van der Waals surface area contributed by atoms with Gasteiger partial charge in [0.25, 0.3) is 0 Å². The van der Waals surface area contributed by atoms with Crippen molar-refractivity contribution in [2.75, 3.05) is 0 Å². The first-order valence-electron chi connectivity index (χ1n) is 14.6. The van der Waals surface area contributed by atoms with Crippen molar-refractivity contribution in [3.05, 3.63) is 139 Å². The van der Waals surface area contributed by atoms with Crippen LogP contribution in [-0.4, -0.2) is 19.1 Å². The van der Waals surface area contributed by atoms with Crippen LogP contribution in [0.15, 0.2) is 128 Å². The van der Waals surface area contributed by atoms with Crippen molar-refractivity contribution in [3.63, 3.8) is 0 Å². The lowest BCUT2D eigenvalue weighted by molar-refractivity contribution is 0.402. The van der Waals surface area contributed by atoms with E-state index in [0.717, 1.165) is 44.7 Å². The van der Waals surface area contributed by atoms with Gasteiger partial charge in [-0.05, 0) is 59.7 Å². The molecule has 210 valence electrons. The molecule has 9 aromatic rings. The number of alkyl halides is 1. The Labute approximate surface area is 256 Å². The van der Waals surface area contributed by atoms with Gasteiger partial charge in [0.15, 0.2) is 6.17 Å².